The van der Waals surface area contributed by atoms with Crippen LogP contribution in [0.3, 0.4) is 0 Å². The minimum Gasteiger partial charge on any atom is -0.352 e. The highest BCUT2D eigenvalue weighted by Gasteiger charge is 2.40. The van der Waals surface area contributed by atoms with Gasteiger partial charge >= 0.3 is 6.18 Å². The topological polar surface area (TPSA) is 52.6 Å². The highest BCUT2D eigenvalue weighted by atomic mass is 19.4. The van der Waals surface area contributed by atoms with Crippen LogP contribution >= 0.6 is 0 Å². The summed E-state index contributed by atoms with van der Waals surface area (Å²) >= 11 is 0. The molecule has 1 N–H and O–H groups in total. The van der Waals surface area contributed by atoms with Gasteiger partial charge in [0.2, 0.25) is 5.91 Å². The summed E-state index contributed by atoms with van der Waals surface area (Å²) in [5.41, 5.74) is 0.426. The normalized spacial score (nSPS) is 21.7. The van der Waals surface area contributed by atoms with Gasteiger partial charge in [0.05, 0.1) is 29.5 Å². The van der Waals surface area contributed by atoms with E-state index >= 15 is 0 Å². The smallest absolute Gasteiger partial charge is 0.352 e. The Kier molecular flexibility index (Phi) is 5.15. The second-order valence-corrected chi connectivity index (χ2v) is 7.97. The number of carbonyl (C=O) groups is 2. The number of fused-ring (bicyclic) bond motifs is 1. The molecule has 0 bridgehead atoms. The fourth-order valence-electron chi connectivity index (χ4n) is 4.32. The van der Waals surface area contributed by atoms with E-state index in [0.717, 1.165) is 12.1 Å². The van der Waals surface area contributed by atoms with Gasteiger partial charge in [-0.1, -0.05) is 0 Å². The van der Waals surface area contributed by atoms with E-state index in [-0.39, 0.29) is 42.3 Å². The Morgan fingerprint density at radius 3 is 2.45 bits per heavy atom. The molecule has 164 valence electrons. The molecule has 0 aromatic heterocycles. The summed E-state index contributed by atoms with van der Waals surface area (Å²) in [7, 11) is 0. The Labute approximate surface area is 176 Å². The Bertz CT molecular complexity index is 1050. The van der Waals surface area contributed by atoms with Gasteiger partial charge in [-0.3, -0.25) is 9.59 Å². The predicted octanol–water partition coefficient (Wildman–Crippen LogP) is 4.37. The number of piperidine rings is 1. The lowest BCUT2D eigenvalue weighted by atomic mass is 9.95. The van der Waals surface area contributed by atoms with E-state index in [1.54, 1.807) is 23.6 Å². The summed E-state index contributed by atoms with van der Waals surface area (Å²) in [6.07, 6.45) is -3.86. The van der Waals surface area contributed by atoms with Gasteiger partial charge in [0, 0.05) is 18.2 Å². The monoisotopic (exact) mass is 435 g/mol. The number of halogens is 4. The molecule has 2 heterocycles. The fraction of sp³-hybridized carbons (Fsp3) is 0.364. The maximum Gasteiger partial charge on any atom is 0.416 e. The molecule has 2 atom stereocenters. The number of hydrogen-bond acceptors (Lipinski definition) is 3. The van der Waals surface area contributed by atoms with Crippen molar-refractivity contribution in [2.45, 2.75) is 44.9 Å². The first-order chi connectivity index (χ1) is 14.6. The molecule has 1 saturated heterocycles. The number of benzene rings is 2. The maximum absolute atomic E-state index is 13.7. The number of rotatable bonds is 2. The molecular weight excluding hydrogens is 414 g/mol. The first kappa shape index (κ1) is 21.1. The van der Waals surface area contributed by atoms with Crippen molar-refractivity contribution < 1.29 is 27.2 Å². The minimum absolute atomic E-state index is 0.00943. The minimum atomic E-state index is -4.57. The Balaban J connectivity index is 1.83. The fourth-order valence-corrected chi connectivity index (χ4v) is 4.32. The second kappa shape index (κ2) is 7.55. The lowest BCUT2D eigenvalue weighted by Gasteiger charge is -2.45. The number of alkyl halides is 3. The van der Waals surface area contributed by atoms with E-state index in [9.17, 15) is 27.2 Å². The van der Waals surface area contributed by atoms with Crippen LogP contribution in [0.1, 0.15) is 41.3 Å². The Morgan fingerprint density at radius 1 is 1.06 bits per heavy atom. The standard InChI is InChI=1S/C22H21F4N3O2/c1-12-9-15(23)4-6-17(12)28-11-29(18-7-8-20(30)27-13(18)2)21(31)16-5-3-14(10-19(16)28)22(24,25)26/h3-6,9-10,13,18H,7-8,11H2,1-2H3,(H,27,30)/t13-,18-/m1/s1. The molecule has 4 rings (SSSR count). The SMILES string of the molecule is Cc1cc(F)ccc1N1CN([C@@H]2CCC(=O)N[C@@H]2C)C(=O)c2ccc(C(F)(F)F)cc21. The van der Waals surface area contributed by atoms with Gasteiger partial charge in [-0.25, -0.2) is 4.39 Å². The van der Waals surface area contributed by atoms with Crippen molar-refractivity contribution in [1.82, 2.24) is 10.2 Å². The highest BCUT2D eigenvalue weighted by Crippen LogP contribution is 2.40. The van der Waals surface area contributed by atoms with Crippen LogP contribution in [0.15, 0.2) is 36.4 Å². The van der Waals surface area contributed by atoms with E-state index in [0.29, 0.717) is 17.7 Å². The number of aryl methyl sites for hydroxylation is 1. The van der Waals surface area contributed by atoms with E-state index in [2.05, 4.69) is 5.32 Å². The van der Waals surface area contributed by atoms with Crippen molar-refractivity contribution >= 4 is 23.2 Å². The van der Waals surface area contributed by atoms with Gasteiger partial charge in [-0.2, -0.15) is 13.2 Å². The van der Waals surface area contributed by atoms with Crippen molar-refractivity contribution in [2.24, 2.45) is 0 Å². The highest BCUT2D eigenvalue weighted by molar-refractivity contribution is 6.03. The Morgan fingerprint density at radius 2 is 1.81 bits per heavy atom. The third-order valence-electron chi connectivity index (χ3n) is 5.88. The molecule has 0 aliphatic carbocycles. The quantitative estimate of drug-likeness (QED) is 0.713. The van der Waals surface area contributed by atoms with Crippen LogP contribution in [0, 0.1) is 12.7 Å². The molecule has 0 radical (unpaired) electrons. The van der Waals surface area contributed by atoms with Gasteiger partial charge in [-0.15, -0.1) is 0 Å². The molecule has 2 aromatic carbocycles. The molecular formula is C22H21F4N3O2. The van der Waals surface area contributed by atoms with Crippen LogP contribution in [0.25, 0.3) is 0 Å². The molecule has 0 saturated carbocycles. The van der Waals surface area contributed by atoms with Gasteiger partial charge in [0.15, 0.2) is 0 Å². The van der Waals surface area contributed by atoms with Crippen LogP contribution in [-0.4, -0.2) is 35.5 Å². The first-order valence-electron chi connectivity index (χ1n) is 9.91. The molecule has 5 nitrogen and oxygen atoms in total. The van der Waals surface area contributed by atoms with Gasteiger partial charge < -0.3 is 15.1 Å². The molecule has 2 aliphatic rings. The van der Waals surface area contributed by atoms with E-state index in [4.69, 9.17) is 0 Å². The van der Waals surface area contributed by atoms with Crippen molar-refractivity contribution in [1.29, 1.82) is 0 Å². The van der Waals surface area contributed by atoms with Gasteiger partial charge in [-0.05, 0) is 62.2 Å². The maximum atomic E-state index is 13.7. The van der Waals surface area contributed by atoms with Crippen molar-refractivity contribution in [3.05, 3.63) is 58.9 Å². The van der Waals surface area contributed by atoms with Crippen molar-refractivity contribution in [2.75, 3.05) is 11.6 Å². The summed E-state index contributed by atoms with van der Waals surface area (Å²) in [4.78, 5) is 28.1. The third-order valence-corrected chi connectivity index (χ3v) is 5.88. The van der Waals surface area contributed by atoms with Crippen molar-refractivity contribution in [3.8, 4) is 0 Å². The summed E-state index contributed by atoms with van der Waals surface area (Å²) in [6, 6.07) is 6.44. The number of hydrogen-bond donors (Lipinski definition) is 1. The summed E-state index contributed by atoms with van der Waals surface area (Å²) in [5.74, 6) is -0.957. The number of carbonyl (C=O) groups excluding carboxylic acids is 2. The molecule has 2 aliphatic heterocycles. The third kappa shape index (κ3) is 3.84. The van der Waals surface area contributed by atoms with E-state index in [1.807, 2.05) is 0 Å². The van der Waals surface area contributed by atoms with Gasteiger partial charge in [0.1, 0.15) is 5.82 Å². The number of nitrogens with zero attached hydrogens (tertiary/aromatic N) is 2. The summed E-state index contributed by atoms with van der Waals surface area (Å²) < 4.78 is 53.8. The zero-order chi connectivity index (χ0) is 22.5. The van der Waals surface area contributed by atoms with Crippen molar-refractivity contribution in [3.63, 3.8) is 0 Å². The second-order valence-electron chi connectivity index (χ2n) is 7.97. The van der Waals surface area contributed by atoms with Crippen LogP contribution in [0.4, 0.5) is 28.9 Å². The molecule has 2 amide bonds. The first-order valence-corrected chi connectivity index (χ1v) is 9.91. The average Bonchev–Trinajstić information content (AvgIpc) is 2.68. The van der Waals surface area contributed by atoms with Crippen LogP contribution in [0.2, 0.25) is 0 Å². The largest absolute Gasteiger partial charge is 0.416 e. The zero-order valence-electron chi connectivity index (χ0n) is 17.0. The molecule has 0 unspecified atom stereocenters. The molecule has 9 heteroatoms. The molecule has 0 spiro atoms. The van der Waals surface area contributed by atoms with Crippen LogP contribution in [0.5, 0.6) is 0 Å². The zero-order valence-corrected chi connectivity index (χ0v) is 17.0. The number of nitrogens with one attached hydrogen (secondary N) is 1. The lowest BCUT2D eigenvalue weighted by Crippen LogP contribution is -2.59. The number of anilines is 2. The van der Waals surface area contributed by atoms with E-state index < -0.39 is 23.5 Å². The van der Waals surface area contributed by atoms with Crippen LogP contribution in [-0.2, 0) is 11.0 Å². The number of amides is 2. The Hall–Kier alpha value is -3.10. The summed E-state index contributed by atoms with van der Waals surface area (Å²) in [6.45, 7) is 3.45. The van der Waals surface area contributed by atoms with Crippen LogP contribution < -0.4 is 10.2 Å². The van der Waals surface area contributed by atoms with E-state index in [1.165, 1.54) is 24.3 Å². The molecule has 2 aromatic rings. The summed E-state index contributed by atoms with van der Waals surface area (Å²) in [5, 5.41) is 2.82. The molecule has 31 heavy (non-hydrogen) atoms. The average molecular weight is 435 g/mol. The predicted molar refractivity (Wildman–Crippen MR) is 106 cm³/mol. The molecule has 1 fully saturated rings. The van der Waals surface area contributed by atoms with Gasteiger partial charge in [0.25, 0.3) is 5.91 Å². The lowest BCUT2D eigenvalue weighted by molar-refractivity contribution is -0.137.